The number of piperidine rings is 1. The van der Waals surface area contributed by atoms with Gasteiger partial charge in [-0.05, 0) is 49.2 Å². The average Bonchev–Trinajstić information content (AvgIpc) is 2.56. The molecule has 0 N–H and O–H groups in total. The van der Waals surface area contributed by atoms with E-state index in [-0.39, 0.29) is 16.5 Å². The number of rotatable bonds is 3. The molecule has 1 aromatic heterocycles. The van der Waals surface area contributed by atoms with E-state index in [4.69, 9.17) is 11.6 Å². The van der Waals surface area contributed by atoms with E-state index in [0.29, 0.717) is 31.0 Å². The summed E-state index contributed by atoms with van der Waals surface area (Å²) in [4.78, 5) is 6.12. The first-order chi connectivity index (χ1) is 11.0. The lowest BCUT2D eigenvalue weighted by Crippen LogP contribution is -2.40. The molecule has 3 rings (SSSR count). The van der Waals surface area contributed by atoms with Gasteiger partial charge < -0.3 is 4.90 Å². The van der Waals surface area contributed by atoms with Crippen molar-refractivity contribution < 1.29 is 12.8 Å². The lowest BCUT2D eigenvalue weighted by atomic mass is 10.1. The second-order valence-corrected chi connectivity index (χ2v) is 8.16. The predicted molar refractivity (Wildman–Crippen MR) is 88.1 cm³/mol. The van der Waals surface area contributed by atoms with Crippen LogP contribution >= 0.6 is 11.6 Å². The third-order valence-corrected chi connectivity index (χ3v) is 6.59. The number of sulfone groups is 1. The summed E-state index contributed by atoms with van der Waals surface area (Å²) < 4.78 is 39.1. The summed E-state index contributed by atoms with van der Waals surface area (Å²) in [7, 11) is -3.39. The molecule has 0 aliphatic carbocycles. The maximum Gasteiger partial charge on any atom is 0.181 e. The van der Waals surface area contributed by atoms with E-state index in [0.717, 1.165) is 0 Å². The maximum absolute atomic E-state index is 13.8. The molecule has 122 valence electrons. The van der Waals surface area contributed by atoms with Crippen LogP contribution in [-0.2, 0) is 9.84 Å². The van der Waals surface area contributed by atoms with Gasteiger partial charge in [0.2, 0.25) is 0 Å². The number of hydrogen-bond acceptors (Lipinski definition) is 4. The van der Waals surface area contributed by atoms with Gasteiger partial charge in [-0.25, -0.2) is 17.8 Å². The Morgan fingerprint density at radius 3 is 2.39 bits per heavy atom. The molecular weight excluding hydrogens is 339 g/mol. The van der Waals surface area contributed by atoms with E-state index in [1.165, 1.54) is 30.5 Å². The molecule has 7 heteroatoms. The van der Waals surface area contributed by atoms with Crippen LogP contribution in [0.2, 0.25) is 5.02 Å². The number of pyridine rings is 1. The Balaban J connectivity index is 1.74. The fraction of sp³-hybridized carbons (Fsp3) is 0.312. The van der Waals surface area contributed by atoms with Gasteiger partial charge in [-0.1, -0.05) is 11.6 Å². The minimum atomic E-state index is -3.39. The normalized spacial score (nSPS) is 16.5. The molecule has 23 heavy (non-hydrogen) atoms. The second-order valence-electron chi connectivity index (χ2n) is 5.49. The summed E-state index contributed by atoms with van der Waals surface area (Å²) in [6, 6.07) is 9.11. The molecule has 1 fully saturated rings. The fourth-order valence-electron chi connectivity index (χ4n) is 2.80. The third kappa shape index (κ3) is 3.33. The lowest BCUT2D eigenvalue weighted by molar-refractivity contribution is 0.520. The van der Waals surface area contributed by atoms with Gasteiger partial charge in [0.05, 0.1) is 10.1 Å². The van der Waals surface area contributed by atoms with Crippen LogP contribution in [0.15, 0.2) is 47.5 Å². The fourth-order valence-corrected chi connectivity index (χ4v) is 4.66. The van der Waals surface area contributed by atoms with Crippen LogP contribution in [0.3, 0.4) is 0 Å². The minimum Gasteiger partial charge on any atom is -0.354 e. The molecule has 0 spiro atoms. The summed E-state index contributed by atoms with van der Waals surface area (Å²) in [6.07, 6.45) is 2.43. The summed E-state index contributed by atoms with van der Waals surface area (Å²) in [5.41, 5.74) is 0. The highest BCUT2D eigenvalue weighted by molar-refractivity contribution is 7.92. The van der Waals surface area contributed by atoms with Gasteiger partial charge in [-0.15, -0.1) is 0 Å². The number of nitrogens with zero attached hydrogens (tertiary/aromatic N) is 2. The second kappa shape index (κ2) is 6.45. The molecule has 0 unspecified atom stereocenters. The van der Waals surface area contributed by atoms with Crippen LogP contribution < -0.4 is 4.90 Å². The zero-order valence-corrected chi connectivity index (χ0v) is 13.9. The number of hydrogen-bond donors (Lipinski definition) is 0. The molecule has 2 heterocycles. The number of halogens is 2. The Morgan fingerprint density at radius 1 is 1.13 bits per heavy atom. The van der Waals surface area contributed by atoms with Crippen LogP contribution in [0.4, 0.5) is 10.2 Å². The van der Waals surface area contributed by atoms with Crippen molar-refractivity contribution in [2.75, 3.05) is 18.0 Å². The smallest absolute Gasteiger partial charge is 0.181 e. The van der Waals surface area contributed by atoms with Crippen LogP contribution in [0, 0.1) is 5.82 Å². The minimum absolute atomic E-state index is 0.282. The standard InChI is InChI=1S/C16H16ClFN2O2S/c17-12-3-5-13(6-4-12)23(21,22)14-7-10-20(11-8-14)16-15(18)2-1-9-19-16/h1-6,9,14H,7-8,10-11H2. The molecule has 4 nitrogen and oxygen atoms in total. The first-order valence-corrected chi connectivity index (χ1v) is 9.26. The van der Waals surface area contributed by atoms with Crippen molar-refractivity contribution in [3.63, 3.8) is 0 Å². The zero-order valence-electron chi connectivity index (χ0n) is 12.3. The van der Waals surface area contributed by atoms with Crippen molar-refractivity contribution in [3.8, 4) is 0 Å². The highest BCUT2D eigenvalue weighted by atomic mass is 35.5. The SMILES string of the molecule is O=S(=O)(c1ccc(Cl)cc1)C1CCN(c2ncccc2F)CC1. The van der Waals surface area contributed by atoms with Crippen molar-refractivity contribution in [3.05, 3.63) is 53.4 Å². The predicted octanol–water partition coefficient (Wildman–Crippen LogP) is 3.32. The number of benzene rings is 1. The van der Waals surface area contributed by atoms with Gasteiger partial charge >= 0.3 is 0 Å². The Bertz CT molecular complexity index is 788. The van der Waals surface area contributed by atoms with E-state index in [9.17, 15) is 12.8 Å². The monoisotopic (exact) mass is 354 g/mol. The van der Waals surface area contributed by atoms with E-state index in [1.54, 1.807) is 17.0 Å². The first-order valence-electron chi connectivity index (χ1n) is 7.33. The van der Waals surface area contributed by atoms with Gasteiger partial charge in [-0.2, -0.15) is 0 Å². The van der Waals surface area contributed by atoms with Gasteiger partial charge in [0.25, 0.3) is 0 Å². The van der Waals surface area contributed by atoms with Crippen LogP contribution in [0.5, 0.6) is 0 Å². The molecule has 1 aliphatic rings. The quantitative estimate of drug-likeness (QED) is 0.848. The molecule has 0 amide bonds. The highest BCUT2D eigenvalue weighted by Gasteiger charge is 2.32. The Labute approximate surface area is 139 Å². The molecule has 1 saturated heterocycles. The van der Waals surface area contributed by atoms with Crippen molar-refractivity contribution in [2.24, 2.45) is 0 Å². The average molecular weight is 355 g/mol. The molecule has 0 radical (unpaired) electrons. The lowest BCUT2D eigenvalue weighted by Gasteiger charge is -2.32. The topological polar surface area (TPSA) is 50.3 Å². The van der Waals surface area contributed by atoms with Gasteiger partial charge in [-0.3, -0.25) is 0 Å². The largest absolute Gasteiger partial charge is 0.354 e. The van der Waals surface area contributed by atoms with Crippen LogP contribution in [0.1, 0.15) is 12.8 Å². The Morgan fingerprint density at radius 2 is 1.78 bits per heavy atom. The van der Waals surface area contributed by atoms with Crippen LogP contribution in [-0.4, -0.2) is 31.7 Å². The van der Waals surface area contributed by atoms with E-state index in [2.05, 4.69) is 4.98 Å². The molecule has 0 bridgehead atoms. The first kappa shape index (κ1) is 16.2. The summed E-state index contributed by atoms with van der Waals surface area (Å²) >= 11 is 5.81. The zero-order chi connectivity index (χ0) is 16.4. The van der Waals surface area contributed by atoms with Crippen molar-refractivity contribution in [2.45, 2.75) is 23.0 Å². The Hall–Kier alpha value is -1.66. The molecule has 1 aliphatic heterocycles. The van der Waals surface area contributed by atoms with E-state index < -0.39 is 15.1 Å². The van der Waals surface area contributed by atoms with E-state index >= 15 is 0 Å². The van der Waals surface area contributed by atoms with E-state index in [1.807, 2.05) is 0 Å². The highest BCUT2D eigenvalue weighted by Crippen LogP contribution is 2.28. The van der Waals surface area contributed by atoms with Gasteiger partial charge in [0.15, 0.2) is 21.5 Å². The molecular formula is C16H16ClFN2O2S. The summed E-state index contributed by atoms with van der Waals surface area (Å²) in [5, 5.41) is 0.0381. The maximum atomic E-state index is 13.8. The molecule has 0 atom stereocenters. The summed E-state index contributed by atoms with van der Waals surface area (Å²) in [6.45, 7) is 0.927. The van der Waals surface area contributed by atoms with Gasteiger partial charge in [0, 0.05) is 24.3 Å². The number of anilines is 1. The van der Waals surface area contributed by atoms with Crippen molar-refractivity contribution in [1.82, 2.24) is 4.98 Å². The number of aromatic nitrogens is 1. The van der Waals surface area contributed by atoms with Crippen molar-refractivity contribution in [1.29, 1.82) is 0 Å². The third-order valence-electron chi connectivity index (χ3n) is 4.06. The molecule has 2 aromatic rings. The summed E-state index contributed by atoms with van der Waals surface area (Å²) in [5.74, 6) is -0.0960. The van der Waals surface area contributed by atoms with Crippen molar-refractivity contribution >= 4 is 27.3 Å². The molecule has 0 saturated carbocycles. The molecule has 1 aromatic carbocycles. The van der Waals surface area contributed by atoms with Gasteiger partial charge in [0.1, 0.15) is 0 Å². The Kier molecular flexibility index (Phi) is 4.55. The van der Waals surface area contributed by atoms with Crippen LogP contribution in [0.25, 0.3) is 0 Å².